The van der Waals surface area contributed by atoms with Gasteiger partial charge in [0.05, 0.1) is 36.4 Å². The number of allylic oxidation sites excluding steroid dienone is 2. The van der Waals surface area contributed by atoms with Gasteiger partial charge in [0, 0.05) is 59.1 Å². The number of aryl methyl sites for hydroxylation is 2. The average Bonchev–Trinajstić information content (AvgIpc) is 2.83. The predicted molar refractivity (Wildman–Crippen MR) is 130 cm³/mol. The third-order valence-electron chi connectivity index (χ3n) is 5.60. The Morgan fingerprint density at radius 1 is 0.912 bits per heavy atom. The van der Waals surface area contributed by atoms with Gasteiger partial charge in [-0.2, -0.15) is 0 Å². The van der Waals surface area contributed by atoms with Gasteiger partial charge < -0.3 is 8.37 Å². The number of hydrogen-bond donors (Lipinski definition) is 0. The fraction of sp³-hybridized carbons (Fsp3) is 0.261. The SMILES string of the molecule is CCc1nc2c(c3c1C(=O)C(c1c(SOC)cccc1SOC)=CC3=O)c(=O)n(C)c(=O)n2C. The number of Topliss-reactive ketones (excluding diaryl/α,β-unsaturated/α-hetero) is 1. The van der Waals surface area contributed by atoms with Crippen molar-refractivity contribution >= 4 is 52.3 Å². The van der Waals surface area contributed by atoms with E-state index in [-0.39, 0.29) is 27.7 Å². The number of carbonyl (C=O) groups is 2. The standard InChI is InChI=1S/C23H21N3O6S2/c1-6-12-17-18(19-21(24-12)25(2)23(30)26(3)22(19)29)13(27)10-11(20(17)28)16-14(33-31-4)8-7-9-15(16)34-32-5/h7-10H,6H2,1-5H3. The molecule has 11 heteroatoms. The molecule has 2 aromatic heterocycles. The molecule has 0 aliphatic heterocycles. The van der Waals surface area contributed by atoms with E-state index in [0.29, 0.717) is 27.5 Å². The zero-order valence-corrected chi connectivity index (χ0v) is 20.8. The largest absolute Gasteiger partial charge is 0.332 e. The molecule has 1 aromatic carbocycles. The topological polar surface area (TPSA) is 109 Å². The van der Waals surface area contributed by atoms with Gasteiger partial charge in [-0.05, 0) is 24.6 Å². The lowest BCUT2D eigenvalue weighted by molar-refractivity contribution is 0.100. The molecule has 0 saturated carbocycles. The van der Waals surface area contributed by atoms with E-state index in [1.165, 1.54) is 39.0 Å². The van der Waals surface area contributed by atoms with Crippen LogP contribution in [0, 0.1) is 0 Å². The number of ketones is 2. The quantitative estimate of drug-likeness (QED) is 0.473. The van der Waals surface area contributed by atoms with Gasteiger partial charge in [-0.15, -0.1) is 0 Å². The van der Waals surface area contributed by atoms with Gasteiger partial charge in [-0.25, -0.2) is 9.78 Å². The molecule has 0 fully saturated rings. The molecule has 0 amide bonds. The van der Waals surface area contributed by atoms with Crippen LogP contribution in [-0.2, 0) is 28.9 Å². The molecule has 0 N–H and O–H groups in total. The normalized spacial score (nSPS) is 13.4. The maximum Gasteiger partial charge on any atom is 0.332 e. The minimum atomic E-state index is -0.673. The molecule has 1 aliphatic carbocycles. The van der Waals surface area contributed by atoms with Crippen molar-refractivity contribution in [1.82, 2.24) is 14.1 Å². The summed E-state index contributed by atoms with van der Waals surface area (Å²) in [5, 5.41) is -0.0449. The van der Waals surface area contributed by atoms with Crippen molar-refractivity contribution in [3.05, 3.63) is 67.5 Å². The van der Waals surface area contributed by atoms with Crippen LogP contribution < -0.4 is 11.2 Å². The number of nitrogens with zero attached hydrogens (tertiary/aromatic N) is 3. The molecule has 4 rings (SSSR count). The lowest BCUT2D eigenvalue weighted by Crippen LogP contribution is -2.39. The Morgan fingerprint density at radius 2 is 1.53 bits per heavy atom. The first-order valence-corrected chi connectivity index (χ1v) is 11.7. The first-order chi connectivity index (χ1) is 16.3. The summed E-state index contributed by atoms with van der Waals surface area (Å²) in [7, 11) is 5.82. The fourth-order valence-electron chi connectivity index (χ4n) is 4.07. The number of rotatable bonds is 6. The third kappa shape index (κ3) is 3.65. The number of aromatic nitrogens is 3. The Labute approximate surface area is 203 Å². The van der Waals surface area contributed by atoms with E-state index in [2.05, 4.69) is 4.98 Å². The molecule has 0 unspecified atom stereocenters. The molecule has 2 heterocycles. The van der Waals surface area contributed by atoms with Crippen molar-refractivity contribution in [1.29, 1.82) is 0 Å². The Hall–Kier alpha value is -2.99. The molecule has 9 nitrogen and oxygen atoms in total. The van der Waals surface area contributed by atoms with Gasteiger partial charge in [-0.1, -0.05) is 13.0 Å². The first kappa shape index (κ1) is 24.1. The summed E-state index contributed by atoms with van der Waals surface area (Å²) in [5.74, 6) is -0.938. The average molecular weight is 500 g/mol. The van der Waals surface area contributed by atoms with Crippen LogP contribution in [0.4, 0.5) is 0 Å². The zero-order valence-electron chi connectivity index (χ0n) is 19.1. The van der Waals surface area contributed by atoms with Crippen LogP contribution in [0.3, 0.4) is 0 Å². The number of carbonyl (C=O) groups excluding carboxylic acids is 2. The van der Waals surface area contributed by atoms with Crippen LogP contribution in [0.2, 0.25) is 0 Å². The second-order valence-corrected chi connectivity index (χ2v) is 9.33. The Kier molecular flexibility index (Phi) is 6.63. The van der Waals surface area contributed by atoms with E-state index >= 15 is 0 Å². The first-order valence-electron chi connectivity index (χ1n) is 10.2. The highest BCUT2D eigenvalue weighted by Crippen LogP contribution is 2.41. The van der Waals surface area contributed by atoms with Crippen molar-refractivity contribution in [2.45, 2.75) is 23.1 Å². The third-order valence-corrected chi connectivity index (χ3v) is 6.97. The lowest BCUT2D eigenvalue weighted by Gasteiger charge is -2.22. The van der Waals surface area contributed by atoms with Crippen molar-refractivity contribution in [3.8, 4) is 0 Å². The smallest absolute Gasteiger partial charge is 0.314 e. The van der Waals surface area contributed by atoms with Crippen molar-refractivity contribution in [2.75, 3.05) is 14.2 Å². The highest BCUT2D eigenvalue weighted by molar-refractivity contribution is 7.95. The molecule has 34 heavy (non-hydrogen) atoms. The van der Waals surface area contributed by atoms with E-state index in [0.717, 1.165) is 28.7 Å². The zero-order chi connectivity index (χ0) is 24.7. The molecule has 176 valence electrons. The van der Waals surface area contributed by atoms with E-state index in [9.17, 15) is 19.2 Å². The van der Waals surface area contributed by atoms with Crippen LogP contribution in [0.25, 0.3) is 16.6 Å². The van der Waals surface area contributed by atoms with Gasteiger partial charge >= 0.3 is 5.69 Å². The van der Waals surface area contributed by atoms with E-state index in [1.807, 2.05) is 0 Å². The summed E-state index contributed by atoms with van der Waals surface area (Å²) in [5.41, 5.74) is -0.0999. The van der Waals surface area contributed by atoms with E-state index in [4.69, 9.17) is 8.37 Å². The number of hydrogen-bond acceptors (Lipinski definition) is 9. The molecule has 0 spiro atoms. The summed E-state index contributed by atoms with van der Waals surface area (Å²) in [4.78, 5) is 58.7. The van der Waals surface area contributed by atoms with Crippen molar-refractivity contribution in [3.63, 3.8) is 0 Å². The van der Waals surface area contributed by atoms with Gasteiger partial charge in [0.2, 0.25) is 0 Å². The van der Waals surface area contributed by atoms with Gasteiger partial charge in [0.15, 0.2) is 11.6 Å². The highest BCUT2D eigenvalue weighted by Gasteiger charge is 2.35. The second kappa shape index (κ2) is 9.34. The Bertz CT molecular complexity index is 1500. The molecule has 0 bridgehead atoms. The summed E-state index contributed by atoms with van der Waals surface area (Å²) >= 11 is 2.12. The second-order valence-electron chi connectivity index (χ2n) is 7.45. The summed E-state index contributed by atoms with van der Waals surface area (Å²) in [6.07, 6.45) is 1.56. The summed E-state index contributed by atoms with van der Waals surface area (Å²) in [6, 6.07) is 5.36. The van der Waals surface area contributed by atoms with Gasteiger partial charge in [0.1, 0.15) is 5.65 Å². The minimum Gasteiger partial charge on any atom is -0.314 e. The number of benzene rings is 1. The van der Waals surface area contributed by atoms with Crippen LogP contribution >= 0.6 is 24.1 Å². The maximum absolute atomic E-state index is 13.9. The van der Waals surface area contributed by atoms with E-state index in [1.54, 1.807) is 25.1 Å². The Balaban J connectivity index is 2.09. The van der Waals surface area contributed by atoms with E-state index < -0.39 is 22.8 Å². The lowest BCUT2D eigenvalue weighted by atomic mass is 9.83. The fourth-order valence-corrected chi connectivity index (χ4v) is 5.37. The van der Waals surface area contributed by atoms with Crippen LogP contribution in [0.5, 0.6) is 0 Å². The highest BCUT2D eigenvalue weighted by atomic mass is 32.2. The monoisotopic (exact) mass is 499 g/mol. The molecular formula is C23H21N3O6S2. The molecule has 0 radical (unpaired) electrons. The van der Waals surface area contributed by atoms with Gasteiger partial charge in [0.25, 0.3) is 5.56 Å². The predicted octanol–water partition coefficient (Wildman–Crippen LogP) is 2.96. The van der Waals surface area contributed by atoms with Crippen molar-refractivity contribution < 1.29 is 18.0 Å². The van der Waals surface area contributed by atoms with Crippen LogP contribution in [0.1, 0.15) is 38.9 Å². The number of pyridine rings is 1. The summed E-state index contributed by atoms with van der Waals surface area (Å²) < 4.78 is 12.6. The minimum absolute atomic E-state index is 0.0235. The van der Waals surface area contributed by atoms with Crippen molar-refractivity contribution in [2.24, 2.45) is 14.1 Å². The molecular weight excluding hydrogens is 478 g/mol. The van der Waals surface area contributed by atoms with Crippen LogP contribution in [0.15, 0.2) is 43.7 Å². The maximum atomic E-state index is 13.9. The molecule has 3 aromatic rings. The van der Waals surface area contributed by atoms with Gasteiger partial charge in [-0.3, -0.25) is 23.5 Å². The molecule has 0 atom stereocenters. The molecule has 0 saturated heterocycles. The van der Waals surface area contributed by atoms with Crippen LogP contribution in [-0.4, -0.2) is 39.9 Å². The number of fused-ring (bicyclic) bond motifs is 3. The summed E-state index contributed by atoms with van der Waals surface area (Å²) in [6.45, 7) is 1.80. The molecule has 1 aliphatic rings. The Morgan fingerprint density at radius 3 is 2.09 bits per heavy atom.